The highest BCUT2D eigenvalue weighted by molar-refractivity contribution is 7.12. The van der Waals surface area contributed by atoms with Gasteiger partial charge in [0.25, 0.3) is 5.91 Å². The molecule has 1 amide bonds. The normalized spacial score (nSPS) is 12.5. The van der Waals surface area contributed by atoms with Crippen LogP contribution in [0.1, 0.15) is 23.0 Å². The first-order valence-corrected chi connectivity index (χ1v) is 5.59. The van der Waals surface area contributed by atoms with Crippen LogP contribution < -0.4 is 5.32 Å². The van der Waals surface area contributed by atoms with Crippen molar-refractivity contribution < 1.29 is 9.90 Å². The molecule has 3 nitrogen and oxygen atoms in total. The van der Waals surface area contributed by atoms with Gasteiger partial charge in [-0.15, -0.1) is 11.3 Å². The van der Waals surface area contributed by atoms with Crippen molar-refractivity contribution in [2.75, 3.05) is 6.61 Å². The Hall–Kier alpha value is -0.580. The molecule has 0 fully saturated rings. The number of aliphatic hydroxyl groups excluding tert-OH is 1. The van der Waals surface area contributed by atoms with Gasteiger partial charge in [-0.25, -0.2) is 0 Å². The summed E-state index contributed by atoms with van der Waals surface area (Å²) in [6, 6.07) is 1.49. The van der Waals surface area contributed by atoms with Gasteiger partial charge >= 0.3 is 0 Å². The minimum absolute atomic E-state index is 0.0504. The van der Waals surface area contributed by atoms with Gasteiger partial charge in [0.1, 0.15) is 4.88 Å². The van der Waals surface area contributed by atoms with E-state index in [1.54, 1.807) is 11.4 Å². The van der Waals surface area contributed by atoms with Gasteiger partial charge in [0.05, 0.1) is 17.7 Å². The first-order valence-electron chi connectivity index (χ1n) is 4.33. The Morgan fingerprint density at radius 1 is 1.79 bits per heavy atom. The summed E-state index contributed by atoms with van der Waals surface area (Å²) in [6.45, 7) is 1.85. The summed E-state index contributed by atoms with van der Waals surface area (Å²) in [5.74, 6) is -0.217. The third-order valence-corrected chi connectivity index (χ3v) is 3.21. The first kappa shape index (κ1) is 11.5. The average molecular weight is 234 g/mol. The number of carbonyl (C=O) groups excluding carboxylic acids is 1. The van der Waals surface area contributed by atoms with Crippen LogP contribution in [0.15, 0.2) is 11.4 Å². The quantitative estimate of drug-likeness (QED) is 0.835. The van der Waals surface area contributed by atoms with E-state index in [0.29, 0.717) is 16.3 Å². The molecule has 1 aromatic rings. The number of amides is 1. The van der Waals surface area contributed by atoms with Crippen LogP contribution >= 0.6 is 22.9 Å². The van der Waals surface area contributed by atoms with Crippen molar-refractivity contribution in [1.29, 1.82) is 0 Å². The lowest BCUT2D eigenvalue weighted by molar-refractivity contribution is 0.0919. The van der Waals surface area contributed by atoms with E-state index >= 15 is 0 Å². The van der Waals surface area contributed by atoms with Crippen LogP contribution in [0, 0.1) is 0 Å². The van der Waals surface area contributed by atoms with E-state index in [2.05, 4.69) is 5.32 Å². The van der Waals surface area contributed by atoms with Crippen molar-refractivity contribution in [3.05, 3.63) is 21.3 Å². The molecule has 0 aliphatic carbocycles. The molecule has 78 valence electrons. The maximum Gasteiger partial charge on any atom is 0.263 e. The summed E-state index contributed by atoms with van der Waals surface area (Å²) >= 11 is 7.09. The van der Waals surface area contributed by atoms with E-state index in [1.807, 2.05) is 6.92 Å². The van der Waals surface area contributed by atoms with Gasteiger partial charge in [-0.3, -0.25) is 4.79 Å². The number of halogens is 1. The molecule has 2 N–H and O–H groups in total. The van der Waals surface area contributed by atoms with Crippen molar-refractivity contribution in [3.8, 4) is 0 Å². The molecular formula is C9H12ClNO2S. The number of rotatable bonds is 4. The van der Waals surface area contributed by atoms with Crippen molar-refractivity contribution in [2.24, 2.45) is 0 Å². The van der Waals surface area contributed by atoms with E-state index in [4.69, 9.17) is 16.7 Å². The summed E-state index contributed by atoms with van der Waals surface area (Å²) in [5.41, 5.74) is 0. The number of aliphatic hydroxyl groups is 1. The summed E-state index contributed by atoms with van der Waals surface area (Å²) in [4.78, 5) is 12.1. The SMILES string of the molecule is CC[C@H](CO)NC(=O)c1sccc1Cl. The minimum atomic E-state index is -0.217. The Labute approximate surface area is 91.7 Å². The van der Waals surface area contributed by atoms with Crippen LogP contribution in [0.5, 0.6) is 0 Å². The molecule has 5 heteroatoms. The second-order valence-corrected chi connectivity index (χ2v) is 4.18. The number of hydrogen-bond acceptors (Lipinski definition) is 3. The molecule has 1 heterocycles. The summed E-state index contributed by atoms with van der Waals surface area (Å²) < 4.78 is 0. The predicted octanol–water partition coefficient (Wildman–Crippen LogP) is 1.90. The third-order valence-electron chi connectivity index (χ3n) is 1.87. The fourth-order valence-electron chi connectivity index (χ4n) is 0.984. The van der Waals surface area contributed by atoms with Crippen LogP contribution in [0.25, 0.3) is 0 Å². The molecule has 0 saturated carbocycles. The van der Waals surface area contributed by atoms with Crippen LogP contribution in [0.2, 0.25) is 5.02 Å². The lowest BCUT2D eigenvalue weighted by Gasteiger charge is -2.12. The molecule has 0 saturated heterocycles. The van der Waals surface area contributed by atoms with Crippen LogP contribution in [-0.4, -0.2) is 23.7 Å². The van der Waals surface area contributed by atoms with Gasteiger partial charge in [0.15, 0.2) is 0 Å². The van der Waals surface area contributed by atoms with E-state index in [1.165, 1.54) is 11.3 Å². The zero-order valence-electron chi connectivity index (χ0n) is 7.79. The Kier molecular flexibility index (Phi) is 4.38. The molecule has 14 heavy (non-hydrogen) atoms. The summed E-state index contributed by atoms with van der Waals surface area (Å²) in [7, 11) is 0. The Balaban J connectivity index is 2.63. The standard InChI is InChI=1S/C9H12ClNO2S/c1-2-6(5-12)11-9(13)8-7(10)3-4-14-8/h3-4,6,12H,2,5H2,1H3,(H,11,13)/t6-/m1/s1. The lowest BCUT2D eigenvalue weighted by atomic mass is 10.2. The van der Waals surface area contributed by atoms with E-state index in [-0.39, 0.29) is 18.6 Å². The molecule has 0 aliphatic heterocycles. The molecule has 0 aliphatic rings. The maximum atomic E-state index is 11.6. The fourth-order valence-corrected chi connectivity index (χ4v) is 2.03. The minimum Gasteiger partial charge on any atom is -0.394 e. The summed E-state index contributed by atoms with van der Waals surface area (Å²) in [6.07, 6.45) is 0.700. The molecular weight excluding hydrogens is 222 g/mol. The van der Waals surface area contributed by atoms with Crippen molar-refractivity contribution in [2.45, 2.75) is 19.4 Å². The molecule has 0 spiro atoms. The number of nitrogens with one attached hydrogen (secondary N) is 1. The molecule has 1 atom stereocenters. The third kappa shape index (κ3) is 2.70. The Bertz CT molecular complexity index is 310. The van der Waals surface area contributed by atoms with Crippen molar-refractivity contribution in [1.82, 2.24) is 5.32 Å². The molecule has 0 aromatic carbocycles. The average Bonchev–Trinajstić information content (AvgIpc) is 2.60. The fraction of sp³-hybridized carbons (Fsp3) is 0.444. The lowest BCUT2D eigenvalue weighted by Crippen LogP contribution is -2.36. The molecule has 1 aromatic heterocycles. The van der Waals surface area contributed by atoms with E-state index < -0.39 is 0 Å². The number of hydrogen-bond donors (Lipinski definition) is 2. The second kappa shape index (κ2) is 5.34. The largest absolute Gasteiger partial charge is 0.394 e. The Morgan fingerprint density at radius 3 is 2.93 bits per heavy atom. The maximum absolute atomic E-state index is 11.6. The molecule has 1 rings (SSSR count). The summed E-state index contributed by atoms with van der Waals surface area (Å²) in [5, 5.41) is 13.8. The Morgan fingerprint density at radius 2 is 2.50 bits per heavy atom. The first-order chi connectivity index (χ1) is 6.69. The van der Waals surface area contributed by atoms with E-state index in [0.717, 1.165) is 0 Å². The predicted molar refractivity (Wildman–Crippen MR) is 58.0 cm³/mol. The molecule has 0 unspecified atom stereocenters. The van der Waals surface area contributed by atoms with Crippen molar-refractivity contribution in [3.63, 3.8) is 0 Å². The van der Waals surface area contributed by atoms with Gasteiger partial charge in [-0.05, 0) is 17.9 Å². The smallest absolute Gasteiger partial charge is 0.263 e. The highest BCUT2D eigenvalue weighted by Gasteiger charge is 2.14. The van der Waals surface area contributed by atoms with Gasteiger partial charge in [-0.2, -0.15) is 0 Å². The number of carbonyl (C=O) groups is 1. The second-order valence-electron chi connectivity index (χ2n) is 2.86. The molecule has 0 bridgehead atoms. The zero-order valence-corrected chi connectivity index (χ0v) is 9.36. The van der Waals surface area contributed by atoms with Crippen LogP contribution in [-0.2, 0) is 0 Å². The highest BCUT2D eigenvalue weighted by atomic mass is 35.5. The van der Waals surface area contributed by atoms with Gasteiger partial charge < -0.3 is 10.4 Å². The highest BCUT2D eigenvalue weighted by Crippen LogP contribution is 2.21. The topological polar surface area (TPSA) is 49.3 Å². The van der Waals surface area contributed by atoms with Gasteiger partial charge in [0.2, 0.25) is 0 Å². The van der Waals surface area contributed by atoms with Gasteiger partial charge in [-0.1, -0.05) is 18.5 Å². The van der Waals surface area contributed by atoms with Crippen molar-refractivity contribution >= 4 is 28.8 Å². The zero-order chi connectivity index (χ0) is 10.6. The monoisotopic (exact) mass is 233 g/mol. The van der Waals surface area contributed by atoms with Crippen LogP contribution in [0.3, 0.4) is 0 Å². The van der Waals surface area contributed by atoms with Crippen LogP contribution in [0.4, 0.5) is 0 Å². The van der Waals surface area contributed by atoms with Gasteiger partial charge in [0, 0.05) is 0 Å². The number of thiophene rings is 1. The van der Waals surface area contributed by atoms with E-state index in [9.17, 15) is 4.79 Å². The molecule has 0 radical (unpaired) electrons.